The second-order valence-electron chi connectivity index (χ2n) is 8.49. The van der Waals surface area contributed by atoms with Crippen molar-refractivity contribution in [1.82, 2.24) is 0 Å². The van der Waals surface area contributed by atoms with Gasteiger partial charge in [-0.05, 0) is 19.8 Å². The third-order valence-corrected chi connectivity index (χ3v) is 4.54. The van der Waals surface area contributed by atoms with E-state index in [1.165, 1.54) is 90.9 Å². The number of carbonyl (C=O) groups excluding carboxylic acids is 1. The Hall–Kier alpha value is -1.40. The van der Waals surface area contributed by atoms with Crippen LogP contribution in [0.25, 0.3) is 0 Å². The maximum absolute atomic E-state index is 10.0. The molecule has 33 heavy (non-hydrogen) atoms. The molecule has 0 rings (SSSR count). The number of carboxylic acid groups (broad SMARTS) is 2. The number of unbranched alkanes of at least 4 members (excludes halogenated alkanes) is 12. The van der Waals surface area contributed by atoms with E-state index in [1.54, 1.807) is 0 Å². The van der Waals surface area contributed by atoms with Crippen LogP contribution >= 0.6 is 0 Å². The predicted molar refractivity (Wildman–Crippen MR) is 131 cm³/mol. The number of rotatable bonds is 17. The van der Waals surface area contributed by atoms with Gasteiger partial charge in [0.2, 0.25) is 0 Å². The van der Waals surface area contributed by atoms with Crippen molar-refractivity contribution in [3.63, 3.8) is 0 Å². The van der Waals surface area contributed by atoms with E-state index in [1.807, 2.05) is 6.29 Å². The van der Waals surface area contributed by atoms with Crippen LogP contribution in [-0.4, -0.2) is 28.4 Å². The van der Waals surface area contributed by atoms with Gasteiger partial charge in [0.05, 0.1) is 0 Å². The summed E-state index contributed by atoms with van der Waals surface area (Å²) in [6, 6.07) is 0. The van der Waals surface area contributed by atoms with Crippen LogP contribution in [0.4, 0.5) is 0 Å². The second-order valence-corrected chi connectivity index (χ2v) is 8.49. The van der Waals surface area contributed by atoms with Gasteiger partial charge in [0.15, 0.2) is 0 Å². The first-order chi connectivity index (χ1) is 15.6. The molecule has 0 aromatic carbocycles. The van der Waals surface area contributed by atoms with Crippen molar-refractivity contribution in [3.05, 3.63) is 24.3 Å². The number of carboxylic acids is 2. The standard InChI is InChI=1S/C18H35O.2C4H6O2.O.Ti/c1-18(2)16-14-12-10-8-6-4-3-5-7-9-11-13-15-17-19;2*1-3(2)4(5)6;;/h18H,3-16H2,1-2H3;2*1H2,2H3,(H,5,6);;/q-1;;;;+1. The van der Waals surface area contributed by atoms with Gasteiger partial charge in [-0.3, -0.25) is 6.29 Å². The number of hydrogen-bond acceptors (Lipinski definition) is 4. The summed E-state index contributed by atoms with van der Waals surface area (Å²) in [6.07, 6.45) is 20.3. The number of carbonyl (C=O) groups is 2. The minimum absolute atomic E-state index is 0.176. The van der Waals surface area contributed by atoms with Crippen molar-refractivity contribution < 1.29 is 48.3 Å². The van der Waals surface area contributed by atoms with Gasteiger partial charge in [0.1, 0.15) is 0 Å². The molecule has 0 aliphatic carbocycles. The van der Waals surface area contributed by atoms with Crippen LogP contribution in [0.5, 0.6) is 0 Å². The van der Waals surface area contributed by atoms with Crippen LogP contribution in [0, 0.1) is 5.92 Å². The summed E-state index contributed by atoms with van der Waals surface area (Å²) < 4.78 is 8.25. The molecular weight excluding hydrogens is 456 g/mol. The van der Waals surface area contributed by atoms with E-state index in [0.717, 1.165) is 32.7 Å². The zero-order chi connectivity index (χ0) is 26.5. The minimum atomic E-state index is -0.935. The van der Waals surface area contributed by atoms with E-state index in [9.17, 15) is 14.4 Å². The zero-order valence-electron chi connectivity index (χ0n) is 21.4. The molecule has 191 valence electrons. The van der Waals surface area contributed by atoms with E-state index in [4.69, 9.17) is 13.5 Å². The Balaban J connectivity index is -0.000000245. The molecule has 0 spiro atoms. The molecule has 0 atom stereocenters. The summed E-state index contributed by atoms with van der Waals surface area (Å²) in [4.78, 5) is 29.2. The summed E-state index contributed by atoms with van der Waals surface area (Å²) in [5, 5.41) is 15.8. The first-order valence-electron chi connectivity index (χ1n) is 11.9. The number of hydrogen-bond donors (Lipinski definition) is 2. The molecule has 7 heteroatoms. The van der Waals surface area contributed by atoms with Gasteiger partial charge in [0.25, 0.3) is 0 Å². The van der Waals surface area contributed by atoms with Crippen molar-refractivity contribution in [2.24, 2.45) is 5.92 Å². The molecule has 0 unspecified atom stereocenters. The van der Waals surface area contributed by atoms with Crippen LogP contribution in [0.1, 0.15) is 118 Å². The van der Waals surface area contributed by atoms with Crippen LogP contribution in [-0.2, 0) is 38.1 Å². The Kier molecular flexibility index (Phi) is 38.6. The van der Waals surface area contributed by atoms with Crippen molar-refractivity contribution in [1.29, 1.82) is 0 Å². The molecule has 2 N–H and O–H groups in total. The zero-order valence-corrected chi connectivity index (χ0v) is 23.0. The summed E-state index contributed by atoms with van der Waals surface area (Å²) in [7, 11) is 0. The predicted octanol–water partition coefficient (Wildman–Crippen LogP) is 7.39. The molecule has 0 bridgehead atoms. The van der Waals surface area contributed by atoms with E-state index < -0.39 is 11.9 Å². The molecule has 6 nitrogen and oxygen atoms in total. The molecular formula is C26H47O6Ti. The average molecular weight is 504 g/mol. The van der Waals surface area contributed by atoms with Crippen molar-refractivity contribution in [2.45, 2.75) is 118 Å². The Labute approximate surface area is 214 Å². The molecule has 0 amide bonds. The topological polar surface area (TPSA) is 109 Å². The first kappa shape index (κ1) is 38.8. The van der Waals surface area contributed by atoms with Crippen molar-refractivity contribution >= 4 is 18.2 Å². The van der Waals surface area contributed by atoms with E-state index in [0.29, 0.717) is 6.42 Å². The molecule has 0 saturated heterocycles. The summed E-state index contributed by atoms with van der Waals surface area (Å²) in [5.74, 6) is -0.991. The molecule has 0 aromatic heterocycles. The van der Waals surface area contributed by atoms with Gasteiger partial charge < -0.3 is 15.0 Å². The Bertz CT molecular complexity index is 455. The molecule has 0 saturated carbocycles. The van der Waals surface area contributed by atoms with Crippen LogP contribution < -0.4 is 0 Å². The van der Waals surface area contributed by atoms with Gasteiger partial charge >= 0.3 is 35.7 Å². The Morgan fingerprint density at radius 1 is 0.697 bits per heavy atom. The molecule has 0 aliphatic rings. The average Bonchev–Trinajstić information content (AvgIpc) is 2.76. The molecule has 0 aliphatic heterocycles. The van der Waals surface area contributed by atoms with E-state index >= 15 is 0 Å². The normalized spacial score (nSPS) is 9.30. The fourth-order valence-electron chi connectivity index (χ4n) is 2.52. The van der Waals surface area contributed by atoms with E-state index in [2.05, 4.69) is 27.0 Å². The fourth-order valence-corrected chi connectivity index (χ4v) is 2.52. The third kappa shape index (κ3) is 49.0. The molecule has 0 fully saturated rings. The van der Waals surface area contributed by atoms with Crippen LogP contribution in [0.2, 0.25) is 0 Å². The van der Waals surface area contributed by atoms with Gasteiger partial charge in [-0.2, -0.15) is 6.42 Å². The molecule has 0 heterocycles. The fraction of sp³-hybridized carbons (Fsp3) is 0.731. The molecule has 0 aromatic rings. The van der Waals surface area contributed by atoms with Crippen molar-refractivity contribution in [2.75, 3.05) is 0 Å². The van der Waals surface area contributed by atoms with Gasteiger partial charge in [-0.1, -0.05) is 110 Å². The van der Waals surface area contributed by atoms with Crippen LogP contribution in [0.15, 0.2) is 24.3 Å². The summed E-state index contributed by atoms with van der Waals surface area (Å²) in [5.41, 5.74) is 0.352. The second kappa shape index (κ2) is 32.8. The number of aliphatic carboxylic acids is 2. The van der Waals surface area contributed by atoms with Gasteiger partial charge in [-0.25, -0.2) is 9.59 Å². The Morgan fingerprint density at radius 3 is 1.15 bits per heavy atom. The van der Waals surface area contributed by atoms with Gasteiger partial charge in [0, 0.05) is 11.1 Å². The first-order valence-corrected chi connectivity index (χ1v) is 12.5. The summed E-state index contributed by atoms with van der Waals surface area (Å²) in [6.45, 7) is 13.8. The third-order valence-electron chi connectivity index (χ3n) is 4.54. The SMILES string of the molecule is C=C(C)C(=O)O.C=C(C)C(=O)O.CC(C)CCCCCCCCCCCCCC[C-]=O.[O]=[Ti+]. The maximum atomic E-state index is 10.0. The van der Waals surface area contributed by atoms with Gasteiger partial charge in [-0.15, -0.1) is 0 Å². The monoisotopic (exact) mass is 503 g/mol. The Morgan fingerprint density at radius 2 is 0.939 bits per heavy atom. The van der Waals surface area contributed by atoms with Crippen molar-refractivity contribution in [3.8, 4) is 0 Å². The quantitative estimate of drug-likeness (QED) is 0.0927. The van der Waals surface area contributed by atoms with Crippen LogP contribution in [0.3, 0.4) is 0 Å². The molecule has 0 radical (unpaired) electrons. The van der Waals surface area contributed by atoms with E-state index in [-0.39, 0.29) is 11.1 Å². The summed E-state index contributed by atoms with van der Waals surface area (Å²) >= 11 is 0.750.